The average molecular weight is 291 g/mol. The molecule has 4 nitrogen and oxygen atoms in total. The van der Waals surface area contributed by atoms with E-state index < -0.39 is 0 Å². The molecule has 1 heterocycles. The topological polar surface area (TPSA) is 64.9 Å². The van der Waals surface area contributed by atoms with Gasteiger partial charge in [-0.3, -0.25) is 0 Å². The number of thioether (sulfide) groups is 1. The summed E-state index contributed by atoms with van der Waals surface area (Å²) in [5.74, 6) is 2.07. The zero-order valence-corrected chi connectivity index (χ0v) is 13.3. The van der Waals surface area contributed by atoms with Gasteiger partial charge in [0.2, 0.25) is 0 Å². The van der Waals surface area contributed by atoms with Crippen molar-refractivity contribution in [2.45, 2.75) is 45.1 Å². The summed E-state index contributed by atoms with van der Waals surface area (Å²) in [6.07, 6.45) is 1.14. The minimum Gasteiger partial charge on any atom is -0.399 e. The SMILES string of the molecule is CCC(C)SCc1noc(-c2cc(N)cc(C)c2C)n1. The van der Waals surface area contributed by atoms with E-state index in [0.29, 0.717) is 11.1 Å². The molecule has 2 rings (SSSR count). The summed E-state index contributed by atoms with van der Waals surface area (Å²) in [7, 11) is 0. The van der Waals surface area contributed by atoms with E-state index in [0.717, 1.165) is 40.4 Å². The smallest absolute Gasteiger partial charge is 0.258 e. The van der Waals surface area contributed by atoms with E-state index in [1.807, 2.05) is 37.7 Å². The van der Waals surface area contributed by atoms with Crippen molar-refractivity contribution in [1.29, 1.82) is 0 Å². The lowest BCUT2D eigenvalue weighted by Gasteiger charge is -2.06. The van der Waals surface area contributed by atoms with Crippen molar-refractivity contribution in [3.8, 4) is 11.5 Å². The van der Waals surface area contributed by atoms with E-state index in [2.05, 4.69) is 24.0 Å². The minimum absolute atomic E-state index is 0.553. The number of aryl methyl sites for hydroxylation is 1. The zero-order chi connectivity index (χ0) is 14.7. The maximum atomic E-state index is 5.89. The van der Waals surface area contributed by atoms with Crippen LogP contribution in [0.5, 0.6) is 0 Å². The molecule has 1 aromatic carbocycles. The number of hydrogen-bond donors (Lipinski definition) is 1. The number of nitrogens with zero attached hydrogens (tertiary/aromatic N) is 2. The molecule has 1 aromatic heterocycles. The molecule has 2 N–H and O–H groups in total. The number of rotatable bonds is 5. The summed E-state index contributed by atoms with van der Waals surface area (Å²) < 4.78 is 5.38. The Bertz CT molecular complexity index is 595. The van der Waals surface area contributed by atoms with Crippen molar-refractivity contribution in [2.75, 3.05) is 5.73 Å². The lowest BCUT2D eigenvalue weighted by molar-refractivity contribution is 0.425. The van der Waals surface area contributed by atoms with E-state index in [4.69, 9.17) is 10.3 Å². The Morgan fingerprint density at radius 3 is 2.80 bits per heavy atom. The Hall–Kier alpha value is -1.49. The molecule has 0 amide bonds. The van der Waals surface area contributed by atoms with Gasteiger partial charge in [-0.15, -0.1) is 0 Å². The predicted octanol–water partition coefficient (Wildman–Crippen LogP) is 3.97. The lowest BCUT2D eigenvalue weighted by atomic mass is 10.0. The first-order valence-corrected chi connectivity index (χ1v) is 7.87. The van der Waals surface area contributed by atoms with Gasteiger partial charge in [-0.2, -0.15) is 16.7 Å². The van der Waals surface area contributed by atoms with Crippen LogP contribution in [-0.2, 0) is 5.75 Å². The molecule has 0 saturated carbocycles. The predicted molar refractivity (Wildman–Crippen MR) is 84.7 cm³/mol. The van der Waals surface area contributed by atoms with E-state index in [1.54, 1.807) is 0 Å². The lowest BCUT2D eigenvalue weighted by Crippen LogP contribution is -1.95. The fourth-order valence-electron chi connectivity index (χ4n) is 1.87. The van der Waals surface area contributed by atoms with Gasteiger partial charge in [0, 0.05) is 16.5 Å². The van der Waals surface area contributed by atoms with Gasteiger partial charge >= 0.3 is 0 Å². The molecule has 0 aliphatic carbocycles. The van der Waals surface area contributed by atoms with E-state index >= 15 is 0 Å². The molecular weight excluding hydrogens is 270 g/mol. The molecule has 0 radical (unpaired) electrons. The van der Waals surface area contributed by atoms with E-state index in [9.17, 15) is 0 Å². The van der Waals surface area contributed by atoms with Crippen LogP contribution in [0.1, 0.15) is 37.2 Å². The minimum atomic E-state index is 0.553. The van der Waals surface area contributed by atoms with Crippen LogP contribution in [0.2, 0.25) is 0 Å². The monoisotopic (exact) mass is 291 g/mol. The van der Waals surface area contributed by atoms with Crippen LogP contribution in [0.15, 0.2) is 16.7 Å². The highest BCUT2D eigenvalue weighted by molar-refractivity contribution is 7.99. The normalized spacial score (nSPS) is 12.6. The number of hydrogen-bond acceptors (Lipinski definition) is 5. The first-order valence-electron chi connectivity index (χ1n) is 6.82. The number of aromatic nitrogens is 2. The second-order valence-electron chi connectivity index (χ2n) is 5.06. The van der Waals surface area contributed by atoms with Crippen LogP contribution in [-0.4, -0.2) is 15.4 Å². The average Bonchev–Trinajstić information content (AvgIpc) is 2.88. The van der Waals surface area contributed by atoms with Crippen molar-refractivity contribution in [1.82, 2.24) is 10.1 Å². The molecule has 1 atom stereocenters. The van der Waals surface area contributed by atoms with Crippen LogP contribution in [0.4, 0.5) is 5.69 Å². The van der Waals surface area contributed by atoms with Gasteiger partial charge in [0.1, 0.15) is 0 Å². The molecule has 2 aromatic rings. The Kier molecular flexibility index (Phi) is 4.70. The maximum Gasteiger partial charge on any atom is 0.258 e. The Morgan fingerprint density at radius 1 is 1.35 bits per heavy atom. The van der Waals surface area contributed by atoms with Crippen molar-refractivity contribution >= 4 is 17.4 Å². The highest BCUT2D eigenvalue weighted by Crippen LogP contribution is 2.28. The van der Waals surface area contributed by atoms with Crippen molar-refractivity contribution in [3.63, 3.8) is 0 Å². The van der Waals surface area contributed by atoms with E-state index in [-0.39, 0.29) is 0 Å². The second kappa shape index (κ2) is 6.31. The summed E-state index contributed by atoms with van der Waals surface area (Å²) in [6.45, 7) is 8.46. The fourth-order valence-corrected chi connectivity index (χ4v) is 2.65. The molecule has 0 aliphatic heterocycles. The van der Waals surface area contributed by atoms with Gasteiger partial charge in [0.15, 0.2) is 5.82 Å². The zero-order valence-electron chi connectivity index (χ0n) is 12.4. The molecule has 0 aliphatic rings. The fraction of sp³-hybridized carbons (Fsp3) is 0.467. The largest absolute Gasteiger partial charge is 0.399 e. The van der Waals surface area contributed by atoms with Crippen LogP contribution >= 0.6 is 11.8 Å². The quantitative estimate of drug-likeness (QED) is 0.844. The van der Waals surface area contributed by atoms with Crippen molar-refractivity contribution in [2.24, 2.45) is 0 Å². The second-order valence-corrected chi connectivity index (χ2v) is 6.48. The maximum absolute atomic E-state index is 5.89. The summed E-state index contributed by atoms with van der Waals surface area (Å²) in [5.41, 5.74) is 9.80. The number of nitrogen functional groups attached to an aromatic ring is 1. The van der Waals surface area contributed by atoms with Gasteiger partial charge in [0.25, 0.3) is 5.89 Å². The molecule has 20 heavy (non-hydrogen) atoms. The number of anilines is 1. The number of nitrogens with two attached hydrogens (primary N) is 1. The van der Waals surface area contributed by atoms with Gasteiger partial charge in [-0.1, -0.05) is 19.0 Å². The third-order valence-electron chi connectivity index (χ3n) is 3.46. The molecule has 1 unspecified atom stereocenters. The first-order chi connectivity index (χ1) is 9.51. The highest BCUT2D eigenvalue weighted by atomic mass is 32.2. The van der Waals surface area contributed by atoms with Crippen LogP contribution in [0, 0.1) is 13.8 Å². The first kappa shape index (κ1) is 14.9. The molecule has 0 spiro atoms. The molecular formula is C15H21N3OS. The Morgan fingerprint density at radius 2 is 2.10 bits per heavy atom. The summed E-state index contributed by atoms with van der Waals surface area (Å²) in [4.78, 5) is 4.48. The molecule has 0 bridgehead atoms. The Balaban J connectivity index is 2.21. The van der Waals surface area contributed by atoms with E-state index in [1.165, 1.54) is 0 Å². The molecule has 0 fully saturated rings. The number of benzene rings is 1. The van der Waals surface area contributed by atoms with Gasteiger partial charge < -0.3 is 10.3 Å². The summed E-state index contributed by atoms with van der Waals surface area (Å²) >= 11 is 1.84. The molecule has 0 saturated heterocycles. The summed E-state index contributed by atoms with van der Waals surface area (Å²) in [6, 6.07) is 3.84. The van der Waals surface area contributed by atoms with Crippen LogP contribution < -0.4 is 5.73 Å². The third kappa shape index (κ3) is 3.33. The van der Waals surface area contributed by atoms with Crippen LogP contribution in [0.3, 0.4) is 0 Å². The van der Waals surface area contributed by atoms with Gasteiger partial charge in [-0.25, -0.2) is 0 Å². The van der Waals surface area contributed by atoms with Gasteiger partial charge in [0.05, 0.1) is 5.75 Å². The van der Waals surface area contributed by atoms with Crippen molar-refractivity contribution in [3.05, 3.63) is 29.1 Å². The summed E-state index contributed by atoms with van der Waals surface area (Å²) in [5, 5.41) is 4.66. The molecule has 5 heteroatoms. The van der Waals surface area contributed by atoms with Gasteiger partial charge in [-0.05, 0) is 43.5 Å². The molecule has 108 valence electrons. The standard InChI is InChI=1S/C15H21N3OS/c1-5-10(3)20-8-14-17-15(19-18-14)13-7-12(16)6-9(2)11(13)4/h6-7,10H,5,8,16H2,1-4H3. The third-order valence-corrected chi connectivity index (χ3v) is 4.79. The Labute approximate surface area is 124 Å². The highest BCUT2D eigenvalue weighted by Gasteiger charge is 2.14. The van der Waals surface area contributed by atoms with Crippen molar-refractivity contribution < 1.29 is 4.52 Å². The van der Waals surface area contributed by atoms with Crippen LogP contribution in [0.25, 0.3) is 11.5 Å².